The van der Waals surface area contributed by atoms with Crippen LogP contribution in [0.3, 0.4) is 0 Å². The molecule has 1 heterocycles. The fraction of sp³-hybridized carbons (Fsp3) is 0.667. The van der Waals surface area contributed by atoms with E-state index < -0.39 is 0 Å². The molecule has 4 nitrogen and oxygen atoms in total. The number of likely N-dealkylation sites (tertiary alicyclic amines) is 1. The smallest absolute Gasteiger partial charge is 0.242 e. The largest absolute Gasteiger partial charge is 0.322 e. The molecular formula is C6H10N2O2. The van der Waals surface area contributed by atoms with E-state index in [4.69, 9.17) is 5.73 Å². The Balaban J connectivity index is 2.55. The first-order chi connectivity index (χ1) is 4.75. The maximum atomic E-state index is 10.8. The Bertz CT molecular complexity index is 167. The van der Waals surface area contributed by atoms with Crippen molar-refractivity contribution in [3.05, 3.63) is 0 Å². The third-order valence-corrected chi connectivity index (χ3v) is 1.55. The zero-order chi connectivity index (χ0) is 7.56. The van der Waals surface area contributed by atoms with Gasteiger partial charge in [0.25, 0.3) is 0 Å². The SMILES string of the molecule is NCC(=O)N1CCCC1=O. The molecule has 2 N–H and O–H groups in total. The van der Waals surface area contributed by atoms with E-state index in [-0.39, 0.29) is 18.4 Å². The summed E-state index contributed by atoms with van der Waals surface area (Å²) in [6.45, 7) is 0.487. The lowest BCUT2D eigenvalue weighted by Gasteiger charge is -2.10. The lowest BCUT2D eigenvalue weighted by Crippen LogP contribution is -2.36. The van der Waals surface area contributed by atoms with Crippen molar-refractivity contribution in [2.75, 3.05) is 13.1 Å². The first-order valence-electron chi connectivity index (χ1n) is 3.29. The van der Waals surface area contributed by atoms with Crippen molar-refractivity contribution in [3.63, 3.8) is 0 Å². The first kappa shape index (κ1) is 7.21. The van der Waals surface area contributed by atoms with E-state index in [0.29, 0.717) is 13.0 Å². The van der Waals surface area contributed by atoms with Crippen LogP contribution in [0.15, 0.2) is 0 Å². The van der Waals surface area contributed by atoms with Crippen LogP contribution >= 0.6 is 0 Å². The van der Waals surface area contributed by atoms with Gasteiger partial charge < -0.3 is 5.73 Å². The summed E-state index contributed by atoms with van der Waals surface area (Å²) in [6, 6.07) is 0. The Morgan fingerprint density at radius 1 is 1.70 bits per heavy atom. The summed E-state index contributed by atoms with van der Waals surface area (Å²) in [5, 5.41) is 0. The van der Waals surface area contributed by atoms with E-state index in [1.54, 1.807) is 0 Å². The van der Waals surface area contributed by atoms with E-state index >= 15 is 0 Å². The van der Waals surface area contributed by atoms with Crippen molar-refractivity contribution in [1.82, 2.24) is 4.90 Å². The molecule has 0 unspecified atom stereocenters. The van der Waals surface area contributed by atoms with Gasteiger partial charge in [-0.05, 0) is 6.42 Å². The molecule has 0 radical (unpaired) electrons. The molecule has 0 saturated carbocycles. The van der Waals surface area contributed by atoms with Gasteiger partial charge in [0.05, 0.1) is 6.54 Å². The van der Waals surface area contributed by atoms with Gasteiger partial charge in [-0.2, -0.15) is 0 Å². The van der Waals surface area contributed by atoms with Crippen LogP contribution in [0.5, 0.6) is 0 Å². The number of imide groups is 1. The minimum Gasteiger partial charge on any atom is -0.322 e. The Hall–Kier alpha value is -0.900. The maximum Gasteiger partial charge on any atom is 0.242 e. The topological polar surface area (TPSA) is 63.4 Å². The van der Waals surface area contributed by atoms with Gasteiger partial charge in [0.2, 0.25) is 11.8 Å². The van der Waals surface area contributed by atoms with Crippen LogP contribution in [-0.2, 0) is 9.59 Å². The van der Waals surface area contributed by atoms with Gasteiger partial charge >= 0.3 is 0 Å². The Morgan fingerprint density at radius 2 is 2.40 bits per heavy atom. The molecule has 10 heavy (non-hydrogen) atoms. The Kier molecular flexibility index (Phi) is 2.01. The third-order valence-electron chi connectivity index (χ3n) is 1.55. The second kappa shape index (κ2) is 2.79. The Labute approximate surface area is 59.0 Å². The van der Waals surface area contributed by atoms with Crippen molar-refractivity contribution >= 4 is 11.8 Å². The monoisotopic (exact) mass is 142 g/mol. The van der Waals surface area contributed by atoms with Crippen LogP contribution in [0, 0.1) is 0 Å². The van der Waals surface area contributed by atoms with Crippen molar-refractivity contribution in [2.45, 2.75) is 12.8 Å². The number of carbonyl (C=O) groups excluding carboxylic acids is 2. The normalized spacial score (nSPS) is 18.1. The summed E-state index contributed by atoms with van der Waals surface area (Å²) in [5.74, 6) is -0.349. The van der Waals surface area contributed by atoms with E-state index in [2.05, 4.69) is 0 Å². The fourth-order valence-corrected chi connectivity index (χ4v) is 1.02. The average Bonchev–Trinajstić information content (AvgIpc) is 2.34. The predicted octanol–water partition coefficient (Wildman–Crippen LogP) is -0.906. The quantitative estimate of drug-likeness (QED) is 0.515. The molecule has 1 fully saturated rings. The van der Waals surface area contributed by atoms with Crippen LogP contribution in [0.4, 0.5) is 0 Å². The van der Waals surface area contributed by atoms with Crippen LogP contribution in [0.25, 0.3) is 0 Å². The van der Waals surface area contributed by atoms with Gasteiger partial charge in [0.1, 0.15) is 0 Å². The number of rotatable bonds is 1. The highest BCUT2D eigenvalue weighted by molar-refractivity contribution is 5.97. The highest BCUT2D eigenvalue weighted by atomic mass is 16.2. The van der Waals surface area contributed by atoms with Gasteiger partial charge in [0, 0.05) is 13.0 Å². The molecule has 0 aromatic heterocycles. The van der Waals surface area contributed by atoms with Crippen LogP contribution in [0.2, 0.25) is 0 Å². The molecule has 0 aromatic rings. The lowest BCUT2D eigenvalue weighted by atomic mass is 10.4. The van der Waals surface area contributed by atoms with Crippen molar-refractivity contribution in [2.24, 2.45) is 5.73 Å². The van der Waals surface area contributed by atoms with Gasteiger partial charge in [0.15, 0.2) is 0 Å². The molecule has 1 aliphatic rings. The van der Waals surface area contributed by atoms with Gasteiger partial charge in [-0.15, -0.1) is 0 Å². The number of nitrogens with two attached hydrogens (primary N) is 1. The summed E-state index contributed by atoms with van der Waals surface area (Å²) in [4.78, 5) is 22.9. The van der Waals surface area contributed by atoms with Gasteiger partial charge in [-0.3, -0.25) is 14.5 Å². The van der Waals surface area contributed by atoms with Crippen molar-refractivity contribution < 1.29 is 9.59 Å². The van der Waals surface area contributed by atoms with Crippen LogP contribution < -0.4 is 5.73 Å². The second-order valence-corrected chi connectivity index (χ2v) is 2.25. The molecular weight excluding hydrogens is 132 g/mol. The lowest BCUT2D eigenvalue weighted by molar-refractivity contribution is -0.140. The predicted molar refractivity (Wildman–Crippen MR) is 35.0 cm³/mol. The molecule has 0 spiro atoms. The third kappa shape index (κ3) is 1.16. The number of carbonyl (C=O) groups is 2. The molecule has 0 aliphatic carbocycles. The maximum absolute atomic E-state index is 10.8. The minimum atomic E-state index is -0.262. The summed E-state index contributed by atoms with van der Waals surface area (Å²) in [7, 11) is 0. The second-order valence-electron chi connectivity index (χ2n) is 2.25. The average molecular weight is 142 g/mol. The standard InChI is InChI=1S/C6H10N2O2/c7-4-6(10)8-3-1-2-5(8)9/h1-4,7H2. The highest BCUT2D eigenvalue weighted by Gasteiger charge is 2.24. The minimum absolute atomic E-state index is 0.0638. The van der Waals surface area contributed by atoms with E-state index in [1.807, 2.05) is 0 Å². The molecule has 1 rings (SSSR count). The number of hydrogen-bond donors (Lipinski definition) is 1. The first-order valence-corrected chi connectivity index (χ1v) is 3.29. The molecule has 0 aromatic carbocycles. The highest BCUT2D eigenvalue weighted by Crippen LogP contribution is 2.08. The van der Waals surface area contributed by atoms with Gasteiger partial charge in [-0.1, -0.05) is 0 Å². The van der Waals surface area contributed by atoms with E-state index in [1.165, 1.54) is 4.90 Å². The summed E-state index contributed by atoms with van der Waals surface area (Å²) in [6.07, 6.45) is 1.27. The molecule has 2 amide bonds. The summed E-state index contributed by atoms with van der Waals surface area (Å²) < 4.78 is 0. The van der Waals surface area contributed by atoms with Crippen molar-refractivity contribution in [1.29, 1.82) is 0 Å². The molecule has 1 saturated heterocycles. The number of amides is 2. The zero-order valence-corrected chi connectivity index (χ0v) is 5.67. The van der Waals surface area contributed by atoms with Crippen LogP contribution in [-0.4, -0.2) is 29.8 Å². The van der Waals surface area contributed by atoms with Crippen molar-refractivity contribution in [3.8, 4) is 0 Å². The Morgan fingerprint density at radius 3 is 2.80 bits per heavy atom. The molecule has 4 heteroatoms. The molecule has 0 atom stereocenters. The molecule has 1 aliphatic heterocycles. The van der Waals surface area contributed by atoms with E-state index in [0.717, 1.165) is 6.42 Å². The van der Waals surface area contributed by atoms with Crippen LogP contribution in [0.1, 0.15) is 12.8 Å². The zero-order valence-electron chi connectivity index (χ0n) is 5.67. The summed E-state index contributed by atoms with van der Waals surface area (Å²) >= 11 is 0. The van der Waals surface area contributed by atoms with E-state index in [9.17, 15) is 9.59 Å². The fourth-order valence-electron chi connectivity index (χ4n) is 1.02. The van der Waals surface area contributed by atoms with Gasteiger partial charge in [-0.25, -0.2) is 0 Å². The molecule has 56 valence electrons. The number of hydrogen-bond acceptors (Lipinski definition) is 3. The number of nitrogens with zero attached hydrogens (tertiary/aromatic N) is 1. The molecule has 0 bridgehead atoms. The summed E-state index contributed by atoms with van der Waals surface area (Å²) in [5.41, 5.74) is 5.07.